The van der Waals surface area contributed by atoms with E-state index in [9.17, 15) is 0 Å². The Kier molecular flexibility index (Phi) is 3.99. The summed E-state index contributed by atoms with van der Waals surface area (Å²) in [5, 5.41) is 1.34. The molecule has 120 valence electrons. The van der Waals surface area contributed by atoms with Crippen molar-refractivity contribution in [3.05, 3.63) is 76.3 Å². The van der Waals surface area contributed by atoms with Crippen molar-refractivity contribution < 1.29 is 4.74 Å². The highest BCUT2D eigenvalue weighted by Crippen LogP contribution is 2.44. The molecule has 1 nitrogen and oxygen atoms in total. The van der Waals surface area contributed by atoms with Gasteiger partial charge in [-0.2, -0.15) is 0 Å². The summed E-state index contributed by atoms with van der Waals surface area (Å²) in [6.07, 6.45) is 1.07. The van der Waals surface area contributed by atoms with Gasteiger partial charge >= 0.3 is 0 Å². The van der Waals surface area contributed by atoms with Crippen molar-refractivity contribution >= 4 is 23.2 Å². The summed E-state index contributed by atoms with van der Waals surface area (Å²) in [5.74, 6) is 0.923. The van der Waals surface area contributed by atoms with E-state index in [-0.39, 0.29) is 6.10 Å². The number of benzene rings is 3. The van der Waals surface area contributed by atoms with Gasteiger partial charge < -0.3 is 4.74 Å². The van der Waals surface area contributed by atoms with Crippen LogP contribution in [-0.4, -0.2) is 6.10 Å². The van der Waals surface area contributed by atoms with E-state index in [2.05, 4.69) is 31.2 Å². The highest BCUT2D eigenvalue weighted by atomic mass is 35.5. The molecule has 0 fully saturated rings. The molecule has 1 aliphatic rings. The van der Waals surface area contributed by atoms with Crippen LogP contribution in [0.2, 0.25) is 10.0 Å². The van der Waals surface area contributed by atoms with Crippen LogP contribution in [-0.2, 0) is 6.42 Å². The predicted molar refractivity (Wildman–Crippen MR) is 101 cm³/mol. The van der Waals surface area contributed by atoms with Gasteiger partial charge in [-0.3, -0.25) is 0 Å². The number of hydrogen-bond donors (Lipinski definition) is 0. The molecule has 4 rings (SSSR count). The summed E-state index contributed by atoms with van der Waals surface area (Å²) < 4.78 is 6.08. The third-order valence-electron chi connectivity index (χ3n) is 4.32. The highest BCUT2D eigenvalue weighted by molar-refractivity contribution is 6.35. The maximum absolute atomic E-state index is 6.45. The molecule has 0 amide bonds. The summed E-state index contributed by atoms with van der Waals surface area (Å²) in [6.45, 7) is 2.09. The molecule has 0 aliphatic carbocycles. The lowest BCUT2D eigenvalue weighted by Gasteiger charge is -2.14. The zero-order valence-corrected chi connectivity index (χ0v) is 14.7. The van der Waals surface area contributed by atoms with Gasteiger partial charge in [0, 0.05) is 27.6 Å². The Labute approximate surface area is 151 Å². The first-order valence-corrected chi connectivity index (χ1v) is 8.72. The van der Waals surface area contributed by atoms with Crippen molar-refractivity contribution in [3.63, 3.8) is 0 Å². The Hall–Kier alpha value is -1.96. The molecule has 3 aromatic rings. The van der Waals surface area contributed by atoms with Crippen LogP contribution in [0, 0.1) is 0 Å². The van der Waals surface area contributed by atoms with Gasteiger partial charge in [-0.05, 0) is 53.9 Å². The standard InChI is InChI=1S/C21H16Cl2O/c1-13-9-16-10-15(14-5-3-2-4-6-14)11-19(21(16)24-13)18-12-17(22)7-8-20(18)23/h2-8,10-13H,9H2,1H3. The van der Waals surface area contributed by atoms with Gasteiger partial charge in [0.15, 0.2) is 0 Å². The fourth-order valence-electron chi connectivity index (χ4n) is 3.23. The molecule has 0 radical (unpaired) electrons. The average Bonchev–Trinajstić information content (AvgIpc) is 2.97. The van der Waals surface area contributed by atoms with Crippen LogP contribution in [0.25, 0.3) is 22.3 Å². The minimum absolute atomic E-state index is 0.169. The molecule has 24 heavy (non-hydrogen) atoms. The second-order valence-corrected chi connectivity index (χ2v) is 6.98. The van der Waals surface area contributed by atoms with Crippen molar-refractivity contribution in [2.45, 2.75) is 19.4 Å². The Morgan fingerprint density at radius 2 is 1.67 bits per heavy atom. The average molecular weight is 355 g/mol. The summed E-state index contributed by atoms with van der Waals surface area (Å²) in [7, 11) is 0. The Bertz CT molecular complexity index is 903. The van der Waals surface area contributed by atoms with E-state index >= 15 is 0 Å². The highest BCUT2D eigenvalue weighted by Gasteiger charge is 2.25. The Morgan fingerprint density at radius 1 is 0.875 bits per heavy atom. The maximum Gasteiger partial charge on any atom is 0.130 e. The third kappa shape index (κ3) is 2.79. The van der Waals surface area contributed by atoms with Crippen LogP contribution in [0.4, 0.5) is 0 Å². The molecule has 0 bridgehead atoms. The molecular weight excluding hydrogens is 339 g/mol. The van der Waals surface area contributed by atoms with Crippen molar-refractivity contribution in [2.75, 3.05) is 0 Å². The number of halogens is 2. The SMILES string of the molecule is CC1Cc2cc(-c3ccccc3)cc(-c3cc(Cl)ccc3Cl)c2O1. The van der Waals surface area contributed by atoms with Crippen LogP contribution in [0.15, 0.2) is 60.7 Å². The molecule has 0 spiro atoms. The summed E-state index contributed by atoms with van der Waals surface area (Å²) in [5.41, 5.74) is 5.47. The molecular formula is C21H16Cl2O. The fourth-order valence-corrected chi connectivity index (χ4v) is 3.62. The summed E-state index contributed by atoms with van der Waals surface area (Å²) in [6, 6.07) is 20.3. The molecule has 0 saturated carbocycles. The normalized spacial score (nSPS) is 15.9. The van der Waals surface area contributed by atoms with Gasteiger partial charge in [0.2, 0.25) is 0 Å². The van der Waals surface area contributed by atoms with Crippen LogP contribution in [0.1, 0.15) is 12.5 Å². The number of fused-ring (bicyclic) bond motifs is 1. The van der Waals surface area contributed by atoms with Gasteiger partial charge in [-0.25, -0.2) is 0 Å². The first-order valence-electron chi connectivity index (χ1n) is 7.96. The number of hydrogen-bond acceptors (Lipinski definition) is 1. The van der Waals surface area contributed by atoms with Crippen molar-refractivity contribution in [2.24, 2.45) is 0 Å². The molecule has 1 atom stereocenters. The minimum Gasteiger partial charge on any atom is -0.489 e. The maximum atomic E-state index is 6.45. The molecule has 0 aromatic heterocycles. The second kappa shape index (κ2) is 6.16. The van der Waals surface area contributed by atoms with Crippen molar-refractivity contribution in [3.8, 4) is 28.0 Å². The molecule has 1 heterocycles. The van der Waals surface area contributed by atoms with Crippen molar-refractivity contribution in [1.82, 2.24) is 0 Å². The van der Waals surface area contributed by atoms with E-state index < -0.39 is 0 Å². The molecule has 3 heteroatoms. The largest absolute Gasteiger partial charge is 0.489 e. The molecule has 1 aliphatic heterocycles. The topological polar surface area (TPSA) is 9.23 Å². The van der Waals surface area contributed by atoms with E-state index in [1.54, 1.807) is 6.07 Å². The zero-order valence-electron chi connectivity index (χ0n) is 13.2. The second-order valence-electron chi connectivity index (χ2n) is 6.13. The van der Waals surface area contributed by atoms with Gasteiger partial charge in [0.25, 0.3) is 0 Å². The van der Waals surface area contributed by atoms with Crippen LogP contribution in [0.5, 0.6) is 5.75 Å². The van der Waals surface area contributed by atoms with Gasteiger partial charge in [-0.15, -0.1) is 0 Å². The lowest BCUT2D eigenvalue weighted by atomic mass is 9.94. The van der Waals surface area contributed by atoms with Crippen LogP contribution in [0.3, 0.4) is 0 Å². The number of ether oxygens (including phenoxy) is 1. The van der Waals surface area contributed by atoms with E-state index in [0.29, 0.717) is 10.0 Å². The van der Waals surface area contributed by atoms with E-state index in [1.165, 1.54) is 11.1 Å². The van der Waals surface area contributed by atoms with E-state index in [4.69, 9.17) is 27.9 Å². The Morgan fingerprint density at radius 3 is 2.46 bits per heavy atom. The summed E-state index contributed by atoms with van der Waals surface area (Å²) in [4.78, 5) is 0. The molecule has 0 N–H and O–H groups in total. The first kappa shape index (κ1) is 15.6. The fraction of sp³-hybridized carbons (Fsp3) is 0.143. The summed E-state index contributed by atoms with van der Waals surface area (Å²) >= 11 is 12.7. The Balaban J connectivity index is 1.96. The monoisotopic (exact) mass is 354 g/mol. The van der Waals surface area contributed by atoms with Gasteiger partial charge in [-0.1, -0.05) is 53.5 Å². The third-order valence-corrected chi connectivity index (χ3v) is 4.88. The first-order chi connectivity index (χ1) is 11.6. The lowest BCUT2D eigenvalue weighted by Crippen LogP contribution is -2.05. The van der Waals surface area contributed by atoms with Crippen LogP contribution < -0.4 is 4.74 Å². The molecule has 0 saturated heterocycles. The number of rotatable bonds is 2. The minimum atomic E-state index is 0.169. The van der Waals surface area contributed by atoms with E-state index in [0.717, 1.165) is 28.9 Å². The molecule has 3 aromatic carbocycles. The van der Waals surface area contributed by atoms with Gasteiger partial charge in [0.1, 0.15) is 11.9 Å². The van der Waals surface area contributed by atoms with Gasteiger partial charge in [0.05, 0.1) is 0 Å². The van der Waals surface area contributed by atoms with Crippen molar-refractivity contribution in [1.29, 1.82) is 0 Å². The zero-order chi connectivity index (χ0) is 16.7. The smallest absolute Gasteiger partial charge is 0.130 e. The quantitative estimate of drug-likeness (QED) is 0.500. The van der Waals surface area contributed by atoms with E-state index in [1.807, 2.05) is 30.3 Å². The lowest BCUT2D eigenvalue weighted by molar-refractivity contribution is 0.255. The predicted octanol–water partition coefficient (Wildman–Crippen LogP) is 6.65. The molecule has 1 unspecified atom stereocenters. The van der Waals surface area contributed by atoms with Crippen LogP contribution >= 0.6 is 23.2 Å².